The van der Waals surface area contributed by atoms with Crippen molar-refractivity contribution in [3.63, 3.8) is 0 Å². The molecule has 12 heteroatoms. The maximum Gasteiger partial charge on any atom is 0.353 e. The molecule has 4 rings (SSSR count). The van der Waals surface area contributed by atoms with E-state index in [0.29, 0.717) is 39.7 Å². The van der Waals surface area contributed by atoms with E-state index >= 15 is 0 Å². The number of pyridine rings is 1. The average Bonchev–Trinajstić information content (AvgIpc) is 3.23. The SMILES string of the molecule is Cc1ccc(-n2nc(OC[C@@H](C)Cn3cc(Cl)c4cnc(Cl)nc43)c([N+](=O)[O-])c2C)c(C)n1. The summed E-state index contributed by atoms with van der Waals surface area (Å²) in [5, 5.41) is 17.5. The van der Waals surface area contributed by atoms with Crippen LogP contribution < -0.4 is 4.74 Å². The molecule has 1 atom stereocenters. The van der Waals surface area contributed by atoms with Crippen molar-refractivity contribution >= 4 is 39.9 Å². The van der Waals surface area contributed by atoms with Gasteiger partial charge >= 0.3 is 11.6 Å². The molecule has 33 heavy (non-hydrogen) atoms. The van der Waals surface area contributed by atoms with E-state index in [-0.39, 0.29) is 29.4 Å². The number of halogens is 2. The zero-order valence-electron chi connectivity index (χ0n) is 18.4. The minimum atomic E-state index is -0.478. The van der Waals surface area contributed by atoms with Crippen molar-refractivity contribution in [1.82, 2.24) is 29.3 Å². The summed E-state index contributed by atoms with van der Waals surface area (Å²) in [5.41, 5.74) is 3.04. The van der Waals surface area contributed by atoms with Crippen LogP contribution in [0.2, 0.25) is 10.3 Å². The first-order chi connectivity index (χ1) is 15.7. The lowest BCUT2D eigenvalue weighted by Gasteiger charge is -2.13. The van der Waals surface area contributed by atoms with Crippen molar-refractivity contribution in [2.45, 2.75) is 34.2 Å². The Balaban J connectivity index is 1.57. The van der Waals surface area contributed by atoms with Crippen molar-refractivity contribution in [3.8, 4) is 11.6 Å². The molecule has 0 saturated carbocycles. The number of hydrogen-bond donors (Lipinski definition) is 0. The molecule has 0 unspecified atom stereocenters. The van der Waals surface area contributed by atoms with Crippen LogP contribution in [0.4, 0.5) is 5.69 Å². The number of rotatable bonds is 7. The number of nitrogens with zero attached hydrogens (tertiary/aromatic N) is 7. The number of hydrogen-bond acceptors (Lipinski definition) is 7. The molecule has 0 fully saturated rings. The number of aryl methyl sites for hydroxylation is 2. The second-order valence-electron chi connectivity index (χ2n) is 7.89. The lowest BCUT2D eigenvalue weighted by atomic mass is 10.2. The first-order valence-electron chi connectivity index (χ1n) is 10.1. The highest BCUT2D eigenvalue weighted by Gasteiger charge is 2.28. The van der Waals surface area contributed by atoms with Crippen LogP contribution in [-0.2, 0) is 6.54 Å². The van der Waals surface area contributed by atoms with Crippen LogP contribution >= 0.6 is 23.2 Å². The zero-order valence-corrected chi connectivity index (χ0v) is 19.9. The van der Waals surface area contributed by atoms with Crippen LogP contribution in [0, 0.1) is 36.8 Å². The van der Waals surface area contributed by atoms with Gasteiger partial charge in [-0.25, -0.2) is 9.67 Å². The highest BCUT2D eigenvalue weighted by atomic mass is 35.5. The van der Waals surface area contributed by atoms with Crippen LogP contribution in [0.25, 0.3) is 16.7 Å². The van der Waals surface area contributed by atoms with Gasteiger partial charge in [0.2, 0.25) is 5.28 Å². The Morgan fingerprint density at radius 2 is 1.97 bits per heavy atom. The fraction of sp³-hybridized carbons (Fsp3) is 0.333. The summed E-state index contributed by atoms with van der Waals surface area (Å²) in [4.78, 5) is 23.9. The molecular formula is C21H21Cl2N7O3. The van der Waals surface area contributed by atoms with Crippen LogP contribution in [0.15, 0.2) is 24.5 Å². The largest absolute Gasteiger partial charge is 0.471 e. The summed E-state index contributed by atoms with van der Waals surface area (Å²) < 4.78 is 9.18. The summed E-state index contributed by atoms with van der Waals surface area (Å²) in [7, 11) is 0. The third kappa shape index (κ3) is 4.49. The van der Waals surface area contributed by atoms with E-state index in [1.807, 2.05) is 37.5 Å². The molecule has 10 nitrogen and oxygen atoms in total. The van der Waals surface area contributed by atoms with Crippen molar-refractivity contribution in [2.75, 3.05) is 6.61 Å². The third-order valence-electron chi connectivity index (χ3n) is 5.21. The van der Waals surface area contributed by atoms with Gasteiger partial charge in [-0.2, -0.15) is 4.98 Å². The molecule has 0 aliphatic heterocycles. The zero-order chi connectivity index (χ0) is 23.9. The summed E-state index contributed by atoms with van der Waals surface area (Å²) in [5.74, 6) is -0.0802. The van der Waals surface area contributed by atoms with E-state index in [1.54, 1.807) is 19.3 Å². The van der Waals surface area contributed by atoms with Crippen LogP contribution in [0.3, 0.4) is 0 Å². The number of aromatic nitrogens is 6. The lowest BCUT2D eigenvalue weighted by Crippen LogP contribution is -2.16. The molecule has 0 aliphatic carbocycles. The van der Waals surface area contributed by atoms with Gasteiger partial charge in [-0.3, -0.25) is 15.1 Å². The molecule has 172 valence electrons. The second-order valence-corrected chi connectivity index (χ2v) is 8.63. The normalized spacial score (nSPS) is 12.3. The average molecular weight is 490 g/mol. The van der Waals surface area contributed by atoms with Gasteiger partial charge < -0.3 is 9.30 Å². The van der Waals surface area contributed by atoms with Gasteiger partial charge in [0.1, 0.15) is 11.3 Å². The summed E-state index contributed by atoms with van der Waals surface area (Å²) in [6.45, 7) is 8.00. The van der Waals surface area contributed by atoms with E-state index < -0.39 is 4.92 Å². The third-order valence-corrected chi connectivity index (χ3v) is 5.70. The van der Waals surface area contributed by atoms with E-state index in [1.165, 1.54) is 4.68 Å². The molecule has 4 aromatic heterocycles. The molecule has 0 spiro atoms. The summed E-state index contributed by atoms with van der Waals surface area (Å²) in [6.07, 6.45) is 3.33. The maximum atomic E-state index is 11.8. The molecule has 0 aliphatic rings. The number of nitro groups is 1. The second kappa shape index (κ2) is 8.95. The monoisotopic (exact) mass is 489 g/mol. The van der Waals surface area contributed by atoms with Gasteiger partial charge in [-0.15, -0.1) is 5.10 Å². The minimum Gasteiger partial charge on any atom is -0.471 e. The summed E-state index contributed by atoms with van der Waals surface area (Å²) in [6, 6.07) is 3.67. The fourth-order valence-electron chi connectivity index (χ4n) is 3.67. The van der Waals surface area contributed by atoms with Gasteiger partial charge in [0, 0.05) is 30.6 Å². The highest BCUT2D eigenvalue weighted by molar-refractivity contribution is 6.35. The van der Waals surface area contributed by atoms with Crippen molar-refractivity contribution < 1.29 is 9.66 Å². The van der Waals surface area contributed by atoms with E-state index in [2.05, 4.69) is 20.1 Å². The molecular weight excluding hydrogens is 469 g/mol. The van der Waals surface area contributed by atoms with Crippen LogP contribution in [-0.4, -0.2) is 40.8 Å². The Kier molecular flexibility index (Phi) is 6.22. The topological polar surface area (TPSA) is 114 Å². The molecule has 0 saturated heterocycles. The van der Waals surface area contributed by atoms with Crippen molar-refractivity contribution in [2.24, 2.45) is 5.92 Å². The first-order valence-corrected chi connectivity index (χ1v) is 10.9. The Morgan fingerprint density at radius 3 is 2.67 bits per heavy atom. The predicted molar refractivity (Wildman–Crippen MR) is 124 cm³/mol. The number of ether oxygens (including phenoxy) is 1. The lowest BCUT2D eigenvalue weighted by molar-refractivity contribution is -0.386. The van der Waals surface area contributed by atoms with Gasteiger partial charge in [-0.05, 0) is 44.5 Å². The van der Waals surface area contributed by atoms with Crippen molar-refractivity contribution in [3.05, 3.63) is 62.0 Å². The van der Waals surface area contributed by atoms with E-state index in [0.717, 1.165) is 5.69 Å². The Hall–Kier alpha value is -3.24. The molecule has 0 N–H and O–H groups in total. The first kappa shape index (κ1) is 22.9. The fourth-order valence-corrected chi connectivity index (χ4v) is 4.05. The molecule has 0 amide bonds. The van der Waals surface area contributed by atoms with E-state index in [4.69, 9.17) is 27.9 Å². The van der Waals surface area contributed by atoms with Gasteiger partial charge in [0.15, 0.2) is 0 Å². The Morgan fingerprint density at radius 1 is 1.21 bits per heavy atom. The molecule has 4 aromatic rings. The Bertz CT molecular complexity index is 1370. The van der Waals surface area contributed by atoms with Crippen LogP contribution in [0.5, 0.6) is 5.88 Å². The maximum absolute atomic E-state index is 11.8. The van der Waals surface area contributed by atoms with Gasteiger partial charge in [0.05, 0.1) is 33.3 Å². The van der Waals surface area contributed by atoms with Gasteiger partial charge in [0.25, 0.3) is 0 Å². The van der Waals surface area contributed by atoms with Gasteiger partial charge in [-0.1, -0.05) is 18.5 Å². The molecule has 0 aromatic carbocycles. The van der Waals surface area contributed by atoms with Crippen LogP contribution in [0.1, 0.15) is 24.0 Å². The van der Waals surface area contributed by atoms with E-state index in [9.17, 15) is 10.1 Å². The quantitative estimate of drug-likeness (QED) is 0.206. The summed E-state index contributed by atoms with van der Waals surface area (Å²) >= 11 is 12.2. The molecule has 0 radical (unpaired) electrons. The molecule has 0 bridgehead atoms. The standard InChI is InChI=1S/C21H21Cl2N7O3/c1-11(8-28-9-16(22)15-7-24-21(23)26-19(15)28)10-33-20-18(30(31)32)14(4)29(27-20)17-6-5-12(2)25-13(17)3/h5-7,9,11H,8,10H2,1-4H3/t11-/m0/s1. The van der Waals surface area contributed by atoms with Crippen molar-refractivity contribution in [1.29, 1.82) is 0 Å². The minimum absolute atomic E-state index is 0.0370. The molecule has 4 heterocycles. The Labute approximate surface area is 199 Å². The smallest absolute Gasteiger partial charge is 0.353 e. The highest BCUT2D eigenvalue weighted by Crippen LogP contribution is 2.33. The predicted octanol–water partition coefficient (Wildman–Crippen LogP) is 4.87. The number of fused-ring (bicyclic) bond motifs is 1.